The summed E-state index contributed by atoms with van der Waals surface area (Å²) in [4.78, 5) is 37.5. The lowest BCUT2D eigenvalue weighted by Gasteiger charge is -2.45. The van der Waals surface area contributed by atoms with E-state index < -0.39 is 16.8 Å². The summed E-state index contributed by atoms with van der Waals surface area (Å²) >= 11 is 5.87. The maximum Gasteiger partial charge on any atom is 0.288 e. The predicted octanol–water partition coefficient (Wildman–Crippen LogP) is 4.47. The number of rotatable bonds is 3. The third-order valence-electron chi connectivity index (χ3n) is 6.91. The molecule has 3 aromatic carbocycles. The van der Waals surface area contributed by atoms with Gasteiger partial charge in [-0.05, 0) is 28.3 Å². The van der Waals surface area contributed by atoms with Crippen molar-refractivity contribution >= 4 is 35.3 Å². The number of halogens is 1. The average Bonchev–Trinajstić information content (AvgIpc) is 3.08. The smallest absolute Gasteiger partial charge is 0.272 e. The molecule has 4 aliphatic rings. The summed E-state index contributed by atoms with van der Waals surface area (Å²) in [7, 11) is 0. The Morgan fingerprint density at radius 2 is 1.33 bits per heavy atom. The zero-order valence-corrected chi connectivity index (χ0v) is 17.8. The van der Waals surface area contributed by atoms with E-state index in [9.17, 15) is 19.7 Å². The SMILES string of the molecule is O=C1[C@H]2C3c4ccccc4C(c4ccccc43)[C@@H]2C(=O)N1/N=C\c1ccc(Cl)c([N+](=O)[O-])c1. The van der Waals surface area contributed by atoms with Crippen molar-refractivity contribution in [3.05, 3.63) is 110 Å². The van der Waals surface area contributed by atoms with Crippen LogP contribution < -0.4 is 0 Å². The topological polar surface area (TPSA) is 92.9 Å². The molecule has 0 radical (unpaired) electrons. The summed E-state index contributed by atoms with van der Waals surface area (Å²) in [6.45, 7) is 0. The number of imide groups is 1. The molecule has 0 unspecified atom stereocenters. The molecule has 1 aliphatic heterocycles. The van der Waals surface area contributed by atoms with Crippen LogP contribution in [0.1, 0.15) is 39.7 Å². The quantitative estimate of drug-likeness (QED) is 0.251. The van der Waals surface area contributed by atoms with Gasteiger partial charge in [-0.2, -0.15) is 10.1 Å². The molecular weight excluding hydrogens is 442 g/mol. The van der Waals surface area contributed by atoms with Gasteiger partial charge in [0.15, 0.2) is 0 Å². The number of benzene rings is 3. The number of nitrogens with zero attached hydrogens (tertiary/aromatic N) is 3. The third-order valence-corrected chi connectivity index (χ3v) is 7.23. The van der Waals surface area contributed by atoms with Crippen LogP contribution in [-0.2, 0) is 9.59 Å². The average molecular weight is 458 g/mol. The zero-order chi connectivity index (χ0) is 22.9. The van der Waals surface area contributed by atoms with Crippen molar-refractivity contribution in [2.24, 2.45) is 16.9 Å². The minimum Gasteiger partial charge on any atom is -0.272 e. The zero-order valence-electron chi connectivity index (χ0n) is 17.1. The van der Waals surface area contributed by atoms with Gasteiger partial charge in [-0.25, -0.2) is 0 Å². The minimum absolute atomic E-state index is 0.00333. The van der Waals surface area contributed by atoms with Gasteiger partial charge in [0.2, 0.25) is 0 Å². The van der Waals surface area contributed by atoms with Gasteiger partial charge in [-0.3, -0.25) is 19.7 Å². The number of amides is 2. The molecule has 1 heterocycles. The molecule has 3 aliphatic carbocycles. The fraction of sp³-hybridized carbons (Fsp3) is 0.160. The van der Waals surface area contributed by atoms with Crippen molar-refractivity contribution in [3.63, 3.8) is 0 Å². The second-order valence-electron chi connectivity index (χ2n) is 8.47. The van der Waals surface area contributed by atoms with Crippen LogP contribution in [0.2, 0.25) is 5.02 Å². The molecule has 0 saturated carbocycles. The molecule has 0 aromatic heterocycles. The summed E-state index contributed by atoms with van der Waals surface area (Å²) < 4.78 is 0. The summed E-state index contributed by atoms with van der Waals surface area (Å²) in [5.41, 5.74) is 4.45. The molecule has 1 saturated heterocycles. The van der Waals surface area contributed by atoms with E-state index in [1.807, 2.05) is 48.5 Å². The summed E-state index contributed by atoms with van der Waals surface area (Å²) in [6, 6.07) is 20.2. The lowest BCUT2D eigenvalue weighted by Crippen LogP contribution is -2.41. The lowest BCUT2D eigenvalue weighted by molar-refractivity contribution is -0.384. The Labute approximate surface area is 193 Å². The molecule has 2 atom stereocenters. The Morgan fingerprint density at radius 3 is 1.79 bits per heavy atom. The highest BCUT2D eigenvalue weighted by Crippen LogP contribution is 2.60. The summed E-state index contributed by atoms with van der Waals surface area (Å²) in [5.74, 6) is -2.15. The Hall–Kier alpha value is -3.84. The maximum atomic E-state index is 13.5. The highest BCUT2D eigenvalue weighted by Gasteiger charge is 2.61. The van der Waals surface area contributed by atoms with E-state index in [0.29, 0.717) is 5.56 Å². The van der Waals surface area contributed by atoms with Gasteiger partial charge in [0.1, 0.15) is 5.02 Å². The second kappa shape index (κ2) is 7.08. The number of nitro benzene ring substituents is 1. The number of carbonyl (C=O) groups excluding carboxylic acids is 2. The van der Waals surface area contributed by atoms with Crippen molar-refractivity contribution in [1.29, 1.82) is 0 Å². The third kappa shape index (κ3) is 2.72. The first-order chi connectivity index (χ1) is 16.0. The van der Waals surface area contributed by atoms with Crippen molar-refractivity contribution in [3.8, 4) is 0 Å². The normalized spacial score (nSPS) is 24.7. The van der Waals surface area contributed by atoms with Crippen LogP contribution in [-0.4, -0.2) is 28.0 Å². The van der Waals surface area contributed by atoms with E-state index in [2.05, 4.69) is 5.10 Å². The number of hydrogen-bond donors (Lipinski definition) is 0. The van der Waals surface area contributed by atoms with E-state index in [1.165, 1.54) is 18.3 Å². The molecule has 0 N–H and O–H groups in total. The molecule has 0 spiro atoms. The standard InChI is InChI=1S/C25H16ClN3O4/c26-18-10-9-13(11-19(18)29(32)33)12-27-28-24(30)22-20-14-5-1-2-6-15(14)21(23(22)25(28)31)17-8-4-3-7-16(17)20/h1-12,20-23H/b27-12-/t20?,21?,22-,23-/m0/s1. The molecule has 7 rings (SSSR count). The highest BCUT2D eigenvalue weighted by atomic mass is 35.5. The molecule has 1 fully saturated rings. The van der Waals surface area contributed by atoms with Gasteiger partial charge in [0.05, 0.1) is 23.0 Å². The monoisotopic (exact) mass is 457 g/mol. The number of hydrogen-bond acceptors (Lipinski definition) is 5. The van der Waals surface area contributed by atoms with Gasteiger partial charge in [-0.1, -0.05) is 66.2 Å². The molecular formula is C25H16ClN3O4. The van der Waals surface area contributed by atoms with Crippen LogP contribution in [0.5, 0.6) is 0 Å². The van der Waals surface area contributed by atoms with Gasteiger partial charge in [0, 0.05) is 23.5 Å². The fourth-order valence-electron chi connectivity index (χ4n) is 5.65. The van der Waals surface area contributed by atoms with E-state index in [0.717, 1.165) is 27.3 Å². The van der Waals surface area contributed by atoms with E-state index >= 15 is 0 Å². The molecule has 8 heteroatoms. The van der Waals surface area contributed by atoms with Gasteiger partial charge >= 0.3 is 0 Å². The van der Waals surface area contributed by atoms with Gasteiger partial charge < -0.3 is 0 Å². The molecule has 7 nitrogen and oxygen atoms in total. The predicted molar refractivity (Wildman–Crippen MR) is 121 cm³/mol. The van der Waals surface area contributed by atoms with Crippen LogP contribution in [0.15, 0.2) is 71.8 Å². The first-order valence-electron chi connectivity index (χ1n) is 10.5. The lowest BCUT2D eigenvalue weighted by atomic mass is 9.55. The Morgan fingerprint density at radius 1 is 0.848 bits per heavy atom. The molecule has 33 heavy (non-hydrogen) atoms. The van der Waals surface area contributed by atoms with Crippen LogP contribution in [0.3, 0.4) is 0 Å². The number of carbonyl (C=O) groups is 2. The van der Waals surface area contributed by atoms with Crippen LogP contribution >= 0.6 is 11.6 Å². The highest BCUT2D eigenvalue weighted by molar-refractivity contribution is 6.32. The first kappa shape index (κ1) is 19.8. The van der Waals surface area contributed by atoms with Crippen LogP contribution in [0.4, 0.5) is 5.69 Å². The largest absolute Gasteiger partial charge is 0.288 e. The molecule has 162 valence electrons. The van der Waals surface area contributed by atoms with Crippen molar-refractivity contribution in [1.82, 2.24) is 5.01 Å². The second-order valence-corrected chi connectivity index (χ2v) is 8.87. The number of hydrazone groups is 1. The minimum atomic E-state index is -0.591. The summed E-state index contributed by atoms with van der Waals surface area (Å²) in [6.07, 6.45) is 1.29. The maximum absolute atomic E-state index is 13.5. The van der Waals surface area contributed by atoms with Crippen LogP contribution in [0.25, 0.3) is 0 Å². The Kier molecular flexibility index (Phi) is 4.25. The van der Waals surface area contributed by atoms with E-state index in [1.54, 1.807) is 6.07 Å². The molecule has 2 bridgehead atoms. The van der Waals surface area contributed by atoms with Gasteiger partial charge in [-0.15, -0.1) is 0 Å². The Bertz CT molecular complexity index is 1290. The fourth-order valence-corrected chi connectivity index (χ4v) is 5.84. The van der Waals surface area contributed by atoms with E-state index in [4.69, 9.17) is 11.6 Å². The molecule has 2 amide bonds. The van der Waals surface area contributed by atoms with Crippen LogP contribution in [0, 0.1) is 22.0 Å². The summed E-state index contributed by atoms with van der Waals surface area (Å²) in [5, 5.41) is 16.3. The first-order valence-corrected chi connectivity index (χ1v) is 10.9. The Balaban J connectivity index is 1.41. The van der Waals surface area contributed by atoms with Gasteiger partial charge in [0.25, 0.3) is 17.5 Å². The van der Waals surface area contributed by atoms with E-state index in [-0.39, 0.29) is 34.4 Å². The van der Waals surface area contributed by atoms with Crippen molar-refractivity contribution < 1.29 is 14.5 Å². The molecule has 3 aromatic rings. The van der Waals surface area contributed by atoms with Crippen molar-refractivity contribution in [2.75, 3.05) is 0 Å². The van der Waals surface area contributed by atoms with Crippen molar-refractivity contribution in [2.45, 2.75) is 11.8 Å². The number of nitro groups is 1.